The first kappa shape index (κ1) is 11.5. The van der Waals surface area contributed by atoms with Crippen LogP contribution in [0.25, 0.3) is 0 Å². The van der Waals surface area contributed by atoms with Gasteiger partial charge in [-0.25, -0.2) is 0 Å². The molecule has 90 valence electrons. The fourth-order valence-electron chi connectivity index (χ4n) is 2.22. The average molecular weight is 223 g/mol. The van der Waals surface area contributed by atoms with E-state index >= 15 is 0 Å². The van der Waals surface area contributed by atoms with Gasteiger partial charge in [0, 0.05) is 24.8 Å². The second-order valence-corrected chi connectivity index (χ2v) is 4.59. The maximum Gasteiger partial charge on any atom is 0.0692 e. The third kappa shape index (κ3) is 3.57. The van der Waals surface area contributed by atoms with E-state index in [2.05, 4.69) is 15.6 Å². The van der Waals surface area contributed by atoms with Crippen LogP contribution in [0.4, 0.5) is 0 Å². The second kappa shape index (κ2) is 5.96. The molecule has 1 fully saturated rings. The molecule has 1 aliphatic carbocycles. The summed E-state index contributed by atoms with van der Waals surface area (Å²) in [5.41, 5.74) is 5.87. The zero-order valence-electron chi connectivity index (χ0n) is 9.68. The van der Waals surface area contributed by atoms with E-state index in [0.717, 1.165) is 19.5 Å². The molecule has 0 amide bonds. The smallest absolute Gasteiger partial charge is 0.0692 e. The van der Waals surface area contributed by atoms with Crippen molar-refractivity contribution in [2.24, 2.45) is 5.73 Å². The summed E-state index contributed by atoms with van der Waals surface area (Å²) in [5, 5.41) is 11.3. The Morgan fingerprint density at radius 2 is 2.12 bits per heavy atom. The van der Waals surface area contributed by atoms with Crippen LogP contribution in [-0.4, -0.2) is 33.6 Å². The van der Waals surface area contributed by atoms with Crippen LogP contribution in [0.2, 0.25) is 0 Å². The van der Waals surface area contributed by atoms with Gasteiger partial charge in [0.2, 0.25) is 0 Å². The molecule has 1 heterocycles. The molecular formula is C11H21N5. The molecule has 0 aromatic carbocycles. The monoisotopic (exact) mass is 223 g/mol. The molecule has 0 bridgehead atoms. The van der Waals surface area contributed by atoms with E-state index in [4.69, 9.17) is 5.73 Å². The molecule has 2 rings (SSSR count). The Hall–Kier alpha value is -0.940. The van der Waals surface area contributed by atoms with Crippen molar-refractivity contribution >= 4 is 0 Å². The minimum absolute atomic E-state index is 0.438. The van der Waals surface area contributed by atoms with Crippen LogP contribution in [0.15, 0.2) is 12.4 Å². The fourth-order valence-corrected chi connectivity index (χ4v) is 2.22. The molecule has 0 aliphatic heterocycles. The first-order chi connectivity index (χ1) is 7.84. The van der Waals surface area contributed by atoms with Crippen LogP contribution in [-0.2, 0) is 6.54 Å². The van der Waals surface area contributed by atoms with Gasteiger partial charge in [-0.15, -0.1) is 5.10 Å². The lowest BCUT2D eigenvalue weighted by atomic mass is 9.92. The Labute approximate surface area is 96.4 Å². The van der Waals surface area contributed by atoms with Crippen molar-refractivity contribution in [3.63, 3.8) is 0 Å². The van der Waals surface area contributed by atoms with Gasteiger partial charge in [-0.2, -0.15) is 0 Å². The number of aromatic nitrogens is 3. The number of hydrogen-bond acceptors (Lipinski definition) is 4. The molecule has 5 heteroatoms. The first-order valence-electron chi connectivity index (χ1n) is 6.17. The van der Waals surface area contributed by atoms with E-state index in [-0.39, 0.29) is 0 Å². The minimum atomic E-state index is 0.438. The number of nitrogens with zero attached hydrogens (tertiary/aromatic N) is 3. The molecule has 0 atom stereocenters. The Morgan fingerprint density at radius 3 is 2.81 bits per heavy atom. The van der Waals surface area contributed by atoms with Gasteiger partial charge in [-0.05, 0) is 38.6 Å². The Morgan fingerprint density at radius 1 is 1.31 bits per heavy atom. The van der Waals surface area contributed by atoms with Crippen LogP contribution >= 0.6 is 0 Å². The molecule has 0 unspecified atom stereocenters. The Balaban J connectivity index is 1.55. The predicted octanol–water partition coefficient (Wildman–Crippen LogP) is 0.528. The van der Waals surface area contributed by atoms with Gasteiger partial charge in [0.15, 0.2) is 0 Å². The summed E-state index contributed by atoms with van der Waals surface area (Å²) in [6.45, 7) is 2.00. The highest BCUT2D eigenvalue weighted by molar-refractivity contribution is 4.78. The van der Waals surface area contributed by atoms with E-state index in [1.165, 1.54) is 25.7 Å². The van der Waals surface area contributed by atoms with Crippen LogP contribution in [0.5, 0.6) is 0 Å². The number of rotatable bonds is 5. The summed E-state index contributed by atoms with van der Waals surface area (Å²) in [5.74, 6) is 0. The lowest BCUT2D eigenvalue weighted by molar-refractivity contribution is 0.339. The quantitative estimate of drug-likeness (QED) is 0.714. The van der Waals surface area contributed by atoms with Crippen LogP contribution in [0.3, 0.4) is 0 Å². The Bertz CT molecular complexity index is 277. The molecule has 1 saturated carbocycles. The summed E-state index contributed by atoms with van der Waals surface area (Å²) in [4.78, 5) is 0. The van der Waals surface area contributed by atoms with Gasteiger partial charge < -0.3 is 11.1 Å². The molecule has 1 aliphatic rings. The largest absolute Gasteiger partial charge is 0.328 e. The number of hydrogen-bond donors (Lipinski definition) is 2. The van der Waals surface area contributed by atoms with Gasteiger partial charge in [-0.1, -0.05) is 5.21 Å². The highest BCUT2D eigenvalue weighted by atomic mass is 15.4. The lowest BCUT2D eigenvalue weighted by Gasteiger charge is -2.26. The lowest BCUT2D eigenvalue weighted by Crippen LogP contribution is -2.37. The molecule has 0 saturated heterocycles. The standard InChI is InChI=1S/C11H21N5/c12-10-2-4-11(5-3-10)13-6-1-8-16-9-7-14-15-16/h7,9-11,13H,1-6,8,12H2. The molecule has 3 N–H and O–H groups in total. The van der Waals surface area contributed by atoms with Crippen LogP contribution < -0.4 is 11.1 Å². The van der Waals surface area contributed by atoms with Crippen molar-refractivity contribution in [3.05, 3.63) is 12.4 Å². The highest BCUT2D eigenvalue weighted by Gasteiger charge is 2.17. The summed E-state index contributed by atoms with van der Waals surface area (Å²) >= 11 is 0. The molecule has 1 aromatic heterocycles. The van der Waals surface area contributed by atoms with E-state index in [9.17, 15) is 0 Å². The van der Waals surface area contributed by atoms with Gasteiger partial charge in [0.05, 0.1) is 6.20 Å². The summed E-state index contributed by atoms with van der Waals surface area (Å²) < 4.78 is 1.87. The third-order valence-corrected chi connectivity index (χ3v) is 3.24. The Kier molecular flexibility index (Phi) is 4.30. The summed E-state index contributed by atoms with van der Waals surface area (Å²) in [6, 6.07) is 1.11. The number of aryl methyl sites for hydroxylation is 1. The van der Waals surface area contributed by atoms with E-state index in [0.29, 0.717) is 12.1 Å². The average Bonchev–Trinajstić information content (AvgIpc) is 2.80. The summed E-state index contributed by atoms with van der Waals surface area (Å²) in [7, 11) is 0. The van der Waals surface area contributed by atoms with Gasteiger partial charge >= 0.3 is 0 Å². The maximum atomic E-state index is 5.87. The van der Waals surface area contributed by atoms with Gasteiger partial charge in [-0.3, -0.25) is 4.68 Å². The highest BCUT2D eigenvalue weighted by Crippen LogP contribution is 2.16. The van der Waals surface area contributed by atoms with Gasteiger partial charge in [0.25, 0.3) is 0 Å². The zero-order valence-corrected chi connectivity index (χ0v) is 9.68. The van der Waals surface area contributed by atoms with E-state index in [1.807, 2.05) is 10.9 Å². The third-order valence-electron chi connectivity index (χ3n) is 3.24. The second-order valence-electron chi connectivity index (χ2n) is 4.59. The van der Waals surface area contributed by atoms with Crippen LogP contribution in [0, 0.1) is 0 Å². The zero-order chi connectivity index (χ0) is 11.2. The molecular weight excluding hydrogens is 202 g/mol. The maximum absolute atomic E-state index is 5.87. The van der Waals surface area contributed by atoms with Gasteiger partial charge in [0.1, 0.15) is 0 Å². The van der Waals surface area contributed by atoms with Crippen molar-refractivity contribution < 1.29 is 0 Å². The number of nitrogens with two attached hydrogens (primary N) is 1. The molecule has 16 heavy (non-hydrogen) atoms. The van der Waals surface area contributed by atoms with Crippen molar-refractivity contribution in [1.82, 2.24) is 20.3 Å². The van der Waals surface area contributed by atoms with Crippen molar-refractivity contribution in [1.29, 1.82) is 0 Å². The van der Waals surface area contributed by atoms with Crippen molar-refractivity contribution in [3.8, 4) is 0 Å². The van der Waals surface area contributed by atoms with Crippen molar-refractivity contribution in [2.75, 3.05) is 6.54 Å². The normalized spacial score (nSPS) is 25.8. The van der Waals surface area contributed by atoms with E-state index in [1.54, 1.807) is 6.20 Å². The van der Waals surface area contributed by atoms with Crippen molar-refractivity contribution in [2.45, 2.75) is 50.7 Å². The topological polar surface area (TPSA) is 68.8 Å². The molecule has 0 spiro atoms. The fraction of sp³-hybridized carbons (Fsp3) is 0.818. The first-order valence-corrected chi connectivity index (χ1v) is 6.17. The molecule has 0 radical (unpaired) electrons. The predicted molar refractivity (Wildman–Crippen MR) is 62.9 cm³/mol. The molecule has 1 aromatic rings. The van der Waals surface area contributed by atoms with E-state index < -0.39 is 0 Å². The molecule has 5 nitrogen and oxygen atoms in total. The number of nitrogens with one attached hydrogen (secondary N) is 1. The van der Waals surface area contributed by atoms with Crippen LogP contribution in [0.1, 0.15) is 32.1 Å². The summed E-state index contributed by atoms with van der Waals surface area (Å²) in [6.07, 6.45) is 9.51. The SMILES string of the molecule is NC1CCC(NCCCn2ccnn2)CC1. The minimum Gasteiger partial charge on any atom is -0.328 e.